The molecule has 1 aliphatic carbocycles. The quantitative estimate of drug-likeness (QED) is 0.903. The summed E-state index contributed by atoms with van der Waals surface area (Å²) in [5.74, 6) is -0.607. The molecule has 1 fully saturated rings. The van der Waals surface area contributed by atoms with Crippen molar-refractivity contribution >= 4 is 17.1 Å². The summed E-state index contributed by atoms with van der Waals surface area (Å²) in [6.45, 7) is 0. The minimum atomic E-state index is -0.785. The Balaban J connectivity index is 2.16. The van der Waals surface area contributed by atoms with E-state index in [1.54, 1.807) is 4.57 Å². The molecule has 1 aliphatic rings. The fourth-order valence-corrected chi connectivity index (χ4v) is 2.49. The molecule has 3 rings (SSSR count). The molecule has 0 aliphatic heterocycles. The van der Waals surface area contributed by atoms with Crippen LogP contribution in [0, 0.1) is 5.92 Å². The highest BCUT2D eigenvalue weighted by atomic mass is 16.5. The minimum absolute atomic E-state index is 0.229. The highest BCUT2D eigenvalue weighted by Gasteiger charge is 2.39. The van der Waals surface area contributed by atoms with Gasteiger partial charge >= 0.3 is 5.97 Å². The molecule has 2 aromatic heterocycles. The Morgan fingerprint density at radius 3 is 2.89 bits per heavy atom. The number of carboxylic acid groups (broad SMARTS) is 1. The monoisotopic (exact) mass is 261 g/mol. The standard InChI is InChI=1S/C13H15N3O3/c1-16-6-8(10(13(17)18)7-3-4-7)11-12(16)15-9(19-2)5-14-11/h5-7,10H,3-4H2,1-2H3,(H,17,18). The Morgan fingerprint density at radius 1 is 1.58 bits per heavy atom. The molecular formula is C13H15N3O3. The second-order valence-corrected chi connectivity index (χ2v) is 4.93. The van der Waals surface area contributed by atoms with Gasteiger partial charge < -0.3 is 14.4 Å². The summed E-state index contributed by atoms with van der Waals surface area (Å²) < 4.78 is 6.86. The first-order valence-corrected chi connectivity index (χ1v) is 6.20. The molecule has 1 atom stereocenters. The van der Waals surface area contributed by atoms with Crippen LogP contribution in [0.4, 0.5) is 0 Å². The van der Waals surface area contributed by atoms with Gasteiger partial charge in [-0.2, -0.15) is 4.98 Å². The third-order valence-electron chi connectivity index (χ3n) is 3.58. The van der Waals surface area contributed by atoms with Crippen molar-refractivity contribution in [2.45, 2.75) is 18.8 Å². The zero-order valence-electron chi connectivity index (χ0n) is 10.8. The van der Waals surface area contributed by atoms with Crippen LogP contribution in [-0.4, -0.2) is 32.7 Å². The van der Waals surface area contributed by atoms with E-state index in [0.717, 1.165) is 18.4 Å². The van der Waals surface area contributed by atoms with Gasteiger partial charge in [-0.15, -0.1) is 0 Å². The predicted molar refractivity (Wildman–Crippen MR) is 68.2 cm³/mol. The molecule has 1 saturated carbocycles. The van der Waals surface area contributed by atoms with Gasteiger partial charge in [-0.05, 0) is 18.8 Å². The van der Waals surface area contributed by atoms with E-state index >= 15 is 0 Å². The highest BCUT2D eigenvalue weighted by Crippen LogP contribution is 2.44. The summed E-state index contributed by atoms with van der Waals surface area (Å²) in [6.07, 6.45) is 5.28. The minimum Gasteiger partial charge on any atom is -0.481 e. The van der Waals surface area contributed by atoms with Gasteiger partial charge in [-0.25, -0.2) is 4.98 Å². The van der Waals surface area contributed by atoms with E-state index < -0.39 is 11.9 Å². The average Bonchev–Trinajstić information content (AvgIpc) is 3.16. The summed E-state index contributed by atoms with van der Waals surface area (Å²) in [7, 11) is 3.37. The lowest BCUT2D eigenvalue weighted by Gasteiger charge is -2.09. The number of hydrogen-bond donors (Lipinski definition) is 1. The highest BCUT2D eigenvalue weighted by molar-refractivity contribution is 5.86. The second kappa shape index (κ2) is 4.22. The van der Waals surface area contributed by atoms with Crippen molar-refractivity contribution in [3.05, 3.63) is 18.0 Å². The van der Waals surface area contributed by atoms with Crippen molar-refractivity contribution in [3.8, 4) is 5.88 Å². The maximum Gasteiger partial charge on any atom is 0.311 e. The summed E-state index contributed by atoms with van der Waals surface area (Å²) >= 11 is 0. The Morgan fingerprint density at radius 2 is 2.32 bits per heavy atom. The fraction of sp³-hybridized carbons (Fsp3) is 0.462. The normalized spacial score (nSPS) is 16.5. The maximum absolute atomic E-state index is 11.5. The molecule has 0 bridgehead atoms. The van der Waals surface area contributed by atoms with Crippen LogP contribution in [0.2, 0.25) is 0 Å². The Labute approximate surface area is 110 Å². The Bertz CT molecular complexity index is 646. The number of fused-ring (bicyclic) bond motifs is 1. The number of aliphatic carboxylic acids is 1. The summed E-state index contributed by atoms with van der Waals surface area (Å²) in [5, 5.41) is 9.42. The largest absolute Gasteiger partial charge is 0.481 e. The Kier molecular flexibility index (Phi) is 2.66. The predicted octanol–water partition coefficient (Wildman–Crippen LogP) is 1.56. The van der Waals surface area contributed by atoms with Gasteiger partial charge in [0.1, 0.15) is 5.52 Å². The number of hydrogen-bond acceptors (Lipinski definition) is 4. The molecule has 0 spiro atoms. The summed E-state index contributed by atoms with van der Waals surface area (Å²) in [4.78, 5) is 20.1. The first kappa shape index (κ1) is 12.0. The van der Waals surface area contributed by atoms with E-state index in [0.29, 0.717) is 17.0 Å². The number of carboxylic acids is 1. The van der Waals surface area contributed by atoms with E-state index in [9.17, 15) is 9.90 Å². The van der Waals surface area contributed by atoms with E-state index in [1.165, 1.54) is 13.3 Å². The lowest BCUT2D eigenvalue weighted by Crippen LogP contribution is -2.13. The molecule has 6 heteroatoms. The number of ether oxygens (including phenoxy) is 1. The van der Waals surface area contributed by atoms with Gasteiger partial charge in [0, 0.05) is 18.8 Å². The lowest BCUT2D eigenvalue weighted by molar-refractivity contribution is -0.139. The van der Waals surface area contributed by atoms with E-state index in [4.69, 9.17) is 4.74 Å². The third-order valence-corrected chi connectivity index (χ3v) is 3.58. The molecule has 1 unspecified atom stereocenters. The molecule has 2 heterocycles. The van der Waals surface area contributed by atoms with Gasteiger partial charge in [-0.3, -0.25) is 4.79 Å². The summed E-state index contributed by atoms with van der Waals surface area (Å²) in [6, 6.07) is 0. The van der Waals surface area contributed by atoms with E-state index in [-0.39, 0.29) is 5.92 Å². The van der Waals surface area contributed by atoms with Gasteiger partial charge in [0.15, 0.2) is 5.65 Å². The van der Waals surface area contributed by atoms with Gasteiger partial charge in [0.2, 0.25) is 5.88 Å². The first-order valence-electron chi connectivity index (χ1n) is 6.20. The van der Waals surface area contributed by atoms with Gasteiger partial charge in [0.05, 0.1) is 19.2 Å². The van der Waals surface area contributed by atoms with Crippen LogP contribution < -0.4 is 4.74 Å². The molecule has 0 aromatic carbocycles. The number of aromatic nitrogens is 3. The molecule has 2 aromatic rings. The number of carbonyl (C=O) groups is 1. The average molecular weight is 261 g/mol. The third kappa shape index (κ3) is 1.93. The SMILES string of the molecule is COc1cnc2c(C(C(=O)O)C3CC3)cn(C)c2n1. The van der Waals surface area contributed by atoms with Crippen molar-refractivity contribution < 1.29 is 14.6 Å². The molecule has 0 amide bonds. The van der Waals surface area contributed by atoms with Crippen LogP contribution in [0.5, 0.6) is 5.88 Å². The maximum atomic E-state index is 11.5. The Hall–Kier alpha value is -2.11. The second-order valence-electron chi connectivity index (χ2n) is 4.93. The number of nitrogens with zero attached hydrogens (tertiary/aromatic N) is 3. The van der Waals surface area contributed by atoms with Crippen LogP contribution in [0.1, 0.15) is 24.3 Å². The van der Waals surface area contributed by atoms with E-state index in [2.05, 4.69) is 9.97 Å². The summed E-state index contributed by atoms with van der Waals surface area (Å²) in [5.41, 5.74) is 2.06. The number of methoxy groups -OCH3 is 1. The number of aryl methyl sites for hydroxylation is 1. The van der Waals surface area contributed by atoms with Crippen LogP contribution in [0.15, 0.2) is 12.4 Å². The topological polar surface area (TPSA) is 77.2 Å². The van der Waals surface area contributed by atoms with Crippen LogP contribution in [0.3, 0.4) is 0 Å². The van der Waals surface area contributed by atoms with Crippen molar-refractivity contribution in [2.75, 3.05) is 7.11 Å². The van der Waals surface area contributed by atoms with Crippen molar-refractivity contribution in [1.29, 1.82) is 0 Å². The number of rotatable bonds is 4. The van der Waals surface area contributed by atoms with Gasteiger partial charge in [-0.1, -0.05) is 0 Å². The smallest absolute Gasteiger partial charge is 0.311 e. The van der Waals surface area contributed by atoms with Crippen molar-refractivity contribution in [1.82, 2.24) is 14.5 Å². The molecule has 6 nitrogen and oxygen atoms in total. The molecular weight excluding hydrogens is 246 g/mol. The molecule has 100 valence electrons. The zero-order valence-corrected chi connectivity index (χ0v) is 10.8. The molecule has 1 N–H and O–H groups in total. The molecule has 0 saturated heterocycles. The van der Waals surface area contributed by atoms with Crippen molar-refractivity contribution in [2.24, 2.45) is 13.0 Å². The zero-order chi connectivity index (χ0) is 13.6. The molecule has 0 radical (unpaired) electrons. The fourth-order valence-electron chi connectivity index (χ4n) is 2.49. The van der Waals surface area contributed by atoms with Gasteiger partial charge in [0.25, 0.3) is 0 Å². The van der Waals surface area contributed by atoms with Crippen LogP contribution in [-0.2, 0) is 11.8 Å². The van der Waals surface area contributed by atoms with Crippen LogP contribution in [0.25, 0.3) is 11.2 Å². The lowest BCUT2D eigenvalue weighted by atomic mass is 9.96. The van der Waals surface area contributed by atoms with Crippen LogP contribution >= 0.6 is 0 Å². The molecule has 19 heavy (non-hydrogen) atoms. The van der Waals surface area contributed by atoms with Crippen molar-refractivity contribution in [3.63, 3.8) is 0 Å². The first-order chi connectivity index (χ1) is 9.11. The van der Waals surface area contributed by atoms with E-state index in [1.807, 2.05) is 13.2 Å².